The summed E-state index contributed by atoms with van der Waals surface area (Å²) in [6, 6.07) is -6.63. The Labute approximate surface area is 237 Å². The van der Waals surface area contributed by atoms with Gasteiger partial charge in [0.15, 0.2) is 0 Å². The molecule has 1 saturated heterocycles. The van der Waals surface area contributed by atoms with Gasteiger partial charge in [-0.3, -0.25) is 28.8 Å². The summed E-state index contributed by atoms with van der Waals surface area (Å²) < 4.78 is 0. The predicted octanol–water partition coefficient (Wildman–Crippen LogP) is -2.00. The number of nitrogens with two attached hydrogens (primary N) is 1. The lowest BCUT2D eigenvalue weighted by atomic mass is 10.0. The highest BCUT2D eigenvalue weighted by molar-refractivity contribution is 5.96. The maximum atomic E-state index is 13.2. The number of carbonyl (C=O) groups excluding carboxylic acids is 4. The van der Waals surface area contributed by atoms with E-state index in [2.05, 4.69) is 16.0 Å². The number of carbonyl (C=O) groups is 7. The molecule has 0 spiro atoms. The summed E-state index contributed by atoms with van der Waals surface area (Å²) in [5, 5.41) is 44.0. The molecule has 9 N–H and O–H groups in total. The summed E-state index contributed by atoms with van der Waals surface area (Å²) in [5.41, 5.74) is 6.01. The highest BCUT2D eigenvalue weighted by Crippen LogP contribution is 2.20. The summed E-state index contributed by atoms with van der Waals surface area (Å²) in [7, 11) is 0. The van der Waals surface area contributed by atoms with Gasteiger partial charge in [0.1, 0.15) is 24.2 Å². The third kappa shape index (κ3) is 11.7. The number of amides is 4. The molecule has 0 aromatic rings. The van der Waals surface area contributed by atoms with E-state index in [1.807, 2.05) is 13.8 Å². The van der Waals surface area contributed by atoms with E-state index in [9.17, 15) is 43.8 Å². The maximum Gasteiger partial charge on any atom is 0.326 e. The fourth-order valence-electron chi connectivity index (χ4n) is 4.38. The SMILES string of the molecule is CC(C)C[C@H](N)C(=O)N1CCC[C@H]1C(=O)N[C@@H](CCC(=O)O)C(=O)N[C@H](C(=O)N[C@@H](CCC(=O)O)C(=O)O)[C@@H](C)O. The average Bonchev–Trinajstić information content (AvgIpc) is 3.35. The van der Waals surface area contributed by atoms with Crippen LogP contribution in [0.5, 0.6) is 0 Å². The minimum absolute atomic E-state index is 0.134. The molecule has 1 rings (SSSR count). The zero-order valence-corrected chi connectivity index (χ0v) is 23.4. The van der Waals surface area contributed by atoms with Crippen molar-refractivity contribution in [3.05, 3.63) is 0 Å². The van der Waals surface area contributed by atoms with E-state index in [1.54, 1.807) is 0 Å². The minimum Gasteiger partial charge on any atom is -0.481 e. The van der Waals surface area contributed by atoms with Gasteiger partial charge in [0, 0.05) is 19.4 Å². The van der Waals surface area contributed by atoms with Gasteiger partial charge in [0.05, 0.1) is 12.1 Å². The number of likely N-dealkylation sites (tertiary alicyclic amines) is 1. The molecule has 1 fully saturated rings. The molecule has 0 aromatic carbocycles. The summed E-state index contributed by atoms with van der Waals surface area (Å²) in [6.45, 7) is 5.19. The van der Waals surface area contributed by atoms with E-state index >= 15 is 0 Å². The number of carboxylic acids is 3. The number of nitrogens with one attached hydrogen (secondary N) is 3. The summed E-state index contributed by atoms with van der Waals surface area (Å²) in [4.78, 5) is 86.6. The van der Waals surface area contributed by atoms with Gasteiger partial charge in [-0.05, 0) is 44.9 Å². The lowest BCUT2D eigenvalue weighted by Crippen LogP contribution is -2.60. The zero-order valence-electron chi connectivity index (χ0n) is 23.4. The van der Waals surface area contributed by atoms with E-state index < -0.39 is 104 Å². The van der Waals surface area contributed by atoms with Crippen molar-refractivity contribution in [3.63, 3.8) is 0 Å². The van der Waals surface area contributed by atoms with Crippen LogP contribution < -0.4 is 21.7 Å². The third-order valence-corrected chi connectivity index (χ3v) is 6.49. The number of aliphatic hydroxyl groups excluding tert-OH is 1. The Morgan fingerprint density at radius 2 is 1.41 bits per heavy atom. The van der Waals surface area contributed by atoms with Crippen LogP contribution in [-0.4, -0.2) is 110 Å². The molecule has 232 valence electrons. The molecular weight excluding hydrogens is 546 g/mol. The Hall–Kier alpha value is -3.79. The van der Waals surface area contributed by atoms with Crippen LogP contribution in [-0.2, 0) is 33.6 Å². The number of aliphatic carboxylic acids is 3. The maximum absolute atomic E-state index is 13.2. The van der Waals surface area contributed by atoms with Crippen molar-refractivity contribution >= 4 is 41.5 Å². The van der Waals surface area contributed by atoms with Crippen LogP contribution in [0.2, 0.25) is 0 Å². The van der Waals surface area contributed by atoms with Crippen molar-refractivity contribution < 1.29 is 54.0 Å². The van der Waals surface area contributed by atoms with Crippen LogP contribution in [0.1, 0.15) is 65.7 Å². The molecular formula is C25H41N5O11. The number of rotatable bonds is 17. The number of nitrogens with zero attached hydrogens (tertiary/aromatic N) is 1. The molecule has 1 aliphatic heterocycles. The predicted molar refractivity (Wildman–Crippen MR) is 141 cm³/mol. The molecule has 0 radical (unpaired) electrons. The first kappa shape index (κ1) is 35.2. The summed E-state index contributed by atoms with van der Waals surface area (Å²) in [5.74, 6) is -7.30. The molecule has 0 saturated carbocycles. The minimum atomic E-state index is -1.73. The Bertz CT molecular complexity index is 987. The van der Waals surface area contributed by atoms with Crippen LogP contribution in [0.4, 0.5) is 0 Å². The van der Waals surface area contributed by atoms with Crippen LogP contribution in [0.15, 0.2) is 0 Å². The first-order valence-corrected chi connectivity index (χ1v) is 13.4. The molecule has 4 amide bonds. The Morgan fingerprint density at radius 3 is 1.90 bits per heavy atom. The van der Waals surface area contributed by atoms with Crippen LogP contribution in [0.3, 0.4) is 0 Å². The van der Waals surface area contributed by atoms with Crippen molar-refractivity contribution in [2.45, 2.75) is 102 Å². The molecule has 1 heterocycles. The number of hydrogen-bond donors (Lipinski definition) is 8. The second-order valence-corrected chi connectivity index (χ2v) is 10.5. The van der Waals surface area contributed by atoms with Crippen LogP contribution in [0, 0.1) is 5.92 Å². The molecule has 41 heavy (non-hydrogen) atoms. The van der Waals surface area contributed by atoms with E-state index in [4.69, 9.17) is 15.9 Å². The molecule has 1 aliphatic rings. The Balaban J connectivity index is 3.05. The highest BCUT2D eigenvalue weighted by Gasteiger charge is 2.38. The van der Waals surface area contributed by atoms with E-state index in [1.165, 1.54) is 4.90 Å². The van der Waals surface area contributed by atoms with Gasteiger partial charge in [-0.1, -0.05) is 13.8 Å². The van der Waals surface area contributed by atoms with Crippen LogP contribution in [0.25, 0.3) is 0 Å². The molecule has 0 bridgehead atoms. The molecule has 0 aliphatic carbocycles. The number of hydrogen-bond acceptors (Lipinski definition) is 9. The van der Waals surface area contributed by atoms with Crippen LogP contribution >= 0.6 is 0 Å². The lowest BCUT2D eigenvalue weighted by Gasteiger charge is -2.29. The third-order valence-electron chi connectivity index (χ3n) is 6.49. The lowest BCUT2D eigenvalue weighted by molar-refractivity contribution is -0.144. The normalized spacial score (nSPS) is 18.5. The van der Waals surface area contributed by atoms with E-state index in [-0.39, 0.29) is 18.9 Å². The summed E-state index contributed by atoms with van der Waals surface area (Å²) >= 11 is 0. The topological polar surface area (TPSA) is 266 Å². The van der Waals surface area contributed by atoms with Gasteiger partial charge in [-0.15, -0.1) is 0 Å². The van der Waals surface area contributed by atoms with Gasteiger partial charge in [0.2, 0.25) is 23.6 Å². The molecule has 0 unspecified atom stereocenters. The smallest absolute Gasteiger partial charge is 0.326 e. The van der Waals surface area contributed by atoms with Gasteiger partial charge in [-0.2, -0.15) is 0 Å². The number of aliphatic hydroxyl groups is 1. The second-order valence-electron chi connectivity index (χ2n) is 10.5. The Kier molecular flexibility index (Phi) is 14.2. The van der Waals surface area contributed by atoms with Gasteiger partial charge in [-0.25, -0.2) is 4.79 Å². The van der Waals surface area contributed by atoms with E-state index in [0.29, 0.717) is 12.8 Å². The fraction of sp³-hybridized carbons (Fsp3) is 0.720. The first-order valence-electron chi connectivity index (χ1n) is 13.4. The van der Waals surface area contributed by atoms with Crippen molar-refractivity contribution in [1.29, 1.82) is 0 Å². The largest absolute Gasteiger partial charge is 0.481 e. The van der Waals surface area contributed by atoms with Crippen molar-refractivity contribution in [2.75, 3.05) is 6.54 Å². The molecule has 6 atom stereocenters. The molecule has 16 heteroatoms. The quantitative estimate of drug-likeness (QED) is 0.0918. The summed E-state index contributed by atoms with van der Waals surface area (Å²) in [6.07, 6.45) is -2.37. The monoisotopic (exact) mass is 587 g/mol. The molecule has 0 aromatic heterocycles. The number of carboxylic acid groups (broad SMARTS) is 3. The van der Waals surface area contributed by atoms with Crippen molar-refractivity contribution in [1.82, 2.24) is 20.9 Å². The van der Waals surface area contributed by atoms with Gasteiger partial charge >= 0.3 is 17.9 Å². The average molecular weight is 588 g/mol. The fourth-order valence-corrected chi connectivity index (χ4v) is 4.38. The van der Waals surface area contributed by atoms with Crippen molar-refractivity contribution in [3.8, 4) is 0 Å². The Morgan fingerprint density at radius 1 is 0.854 bits per heavy atom. The van der Waals surface area contributed by atoms with E-state index in [0.717, 1.165) is 6.92 Å². The highest BCUT2D eigenvalue weighted by atomic mass is 16.4. The second kappa shape index (κ2) is 16.5. The van der Waals surface area contributed by atoms with Crippen molar-refractivity contribution in [2.24, 2.45) is 11.7 Å². The standard InChI is InChI=1S/C25H41N5O11/c1-12(2)11-14(26)24(39)30-10-4-5-17(30)22(37)27-15(6-8-18(32)33)21(36)29-20(13(3)31)23(38)28-16(25(40)41)7-9-19(34)35/h12-17,20,31H,4-11,26H2,1-3H3,(H,27,37)(H,28,38)(H,29,36)(H,32,33)(H,34,35)(H,40,41)/t13-,14+,15+,16+,17+,20+/m1/s1. The van der Waals surface area contributed by atoms with Gasteiger partial charge in [0.25, 0.3) is 0 Å². The van der Waals surface area contributed by atoms with Gasteiger partial charge < -0.3 is 47.0 Å². The first-order chi connectivity index (χ1) is 19.0. The molecule has 16 nitrogen and oxygen atoms in total. The zero-order chi connectivity index (χ0) is 31.4.